The van der Waals surface area contributed by atoms with Crippen molar-refractivity contribution >= 4 is 5.91 Å². The van der Waals surface area contributed by atoms with E-state index >= 15 is 0 Å². The normalized spacial score (nSPS) is 25.8. The summed E-state index contributed by atoms with van der Waals surface area (Å²) in [5.74, 6) is 1.79. The van der Waals surface area contributed by atoms with Crippen LogP contribution >= 0.6 is 0 Å². The minimum absolute atomic E-state index is 0.0103. The minimum atomic E-state index is -0.0103. The number of fused-ring (bicyclic) bond motifs is 2. The van der Waals surface area contributed by atoms with Crippen molar-refractivity contribution in [1.82, 2.24) is 15.2 Å². The van der Waals surface area contributed by atoms with Gasteiger partial charge in [-0.2, -0.15) is 0 Å². The number of rotatable bonds is 5. The summed E-state index contributed by atoms with van der Waals surface area (Å²) in [6.07, 6.45) is 7.69. The van der Waals surface area contributed by atoms with Crippen LogP contribution in [0.1, 0.15) is 62.1 Å². The topological polar surface area (TPSA) is 54.5 Å². The van der Waals surface area contributed by atoms with E-state index in [-0.39, 0.29) is 23.3 Å². The van der Waals surface area contributed by atoms with Gasteiger partial charge >= 0.3 is 0 Å². The Balaban J connectivity index is 1.19. The number of aromatic nitrogens is 1. The van der Waals surface area contributed by atoms with Crippen molar-refractivity contribution in [1.29, 1.82) is 0 Å². The molecular weight excluding hydrogens is 386 g/mol. The number of piperidine rings is 1. The molecule has 2 aliphatic heterocycles. The Hall–Kier alpha value is -2.40. The molecule has 3 aliphatic rings. The van der Waals surface area contributed by atoms with E-state index in [0.717, 1.165) is 51.1 Å². The molecule has 1 aromatic carbocycles. The maximum Gasteiger partial charge on any atom is 0.224 e. The number of ether oxygens (including phenoxy) is 1. The molecule has 1 aromatic heterocycles. The number of hydrogen-bond donors (Lipinski definition) is 1. The van der Waals surface area contributed by atoms with Crippen molar-refractivity contribution in [3.63, 3.8) is 0 Å². The highest BCUT2D eigenvalue weighted by Gasteiger charge is 2.61. The van der Waals surface area contributed by atoms with Crippen molar-refractivity contribution in [2.45, 2.75) is 63.5 Å². The average molecular weight is 420 g/mol. The van der Waals surface area contributed by atoms with Gasteiger partial charge in [0.25, 0.3) is 0 Å². The summed E-state index contributed by atoms with van der Waals surface area (Å²) >= 11 is 0. The second-order valence-electron chi connectivity index (χ2n) is 9.84. The molecule has 2 atom stereocenters. The SMILES string of the molecule is CC(C)c1ccc2c(c1)[C@]1(CCO2)C[C@H]1C(=O)NC1CCN(Cc2cccnc2)CC1. The first kappa shape index (κ1) is 20.5. The largest absolute Gasteiger partial charge is 0.493 e. The molecule has 2 fully saturated rings. The number of benzene rings is 1. The van der Waals surface area contributed by atoms with Crippen molar-refractivity contribution < 1.29 is 9.53 Å². The third kappa shape index (κ3) is 4.08. The molecule has 2 aromatic rings. The lowest BCUT2D eigenvalue weighted by Gasteiger charge is -2.33. The molecule has 164 valence electrons. The van der Waals surface area contributed by atoms with Gasteiger partial charge in [0, 0.05) is 55.0 Å². The van der Waals surface area contributed by atoms with Crippen molar-refractivity contribution in [3.05, 3.63) is 59.4 Å². The summed E-state index contributed by atoms with van der Waals surface area (Å²) in [5.41, 5.74) is 3.83. The molecule has 1 N–H and O–H groups in total. The van der Waals surface area contributed by atoms with E-state index in [1.165, 1.54) is 16.7 Å². The lowest BCUT2D eigenvalue weighted by molar-refractivity contribution is -0.123. The van der Waals surface area contributed by atoms with E-state index < -0.39 is 0 Å². The van der Waals surface area contributed by atoms with E-state index in [9.17, 15) is 4.79 Å². The molecule has 1 saturated carbocycles. The Kier molecular flexibility index (Phi) is 5.47. The first-order valence-corrected chi connectivity index (χ1v) is 11.7. The van der Waals surface area contributed by atoms with Crippen LogP contribution in [0.5, 0.6) is 5.75 Å². The molecule has 1 aliphatic carbocycles. The van der Waals surface area contributed by atoms with Gasteiger partial charge in [0.05, 0.1) is 6.61 Å². The van der Waals surface area contributed by atoms with E-state index in [1.54, 1.807) is 0 Å². The lowest BCUT2D eigenvalue weighted by atomic mass is 9.85. The highest BCUT2D eigenvalue weighted by atomic mass is 16.5. The Bertz CT molecular complexity index is 937. The quantitative estimate of drug-likeness (QED) is 0.795. The molecule has 1 spiro atoms. The number of likely N-dealkylation sites (tertiary alicyclic amines) is 1. The van der Waals surface area contributed by atoms with Crippen LogP contribution in [0.2, 0.25) is 0 Å². The third-order valence-corrected chi connectivity index (χ3v) is 7.47. The maximum atomic E-state index is 13.2. The summed E-state index contributed by atoms with van der Waals surface area (Å²) in [7, 11) is 0. The van der Waals surface area contributed by atoms with Gasteiger partial charge in [0.1, 0.15) is 5.75 Å². The predicted molar refractivity (Wildman–Crippen MR) is 121 cm³/mol. The standard InChI is InChI=1S/C26H33N3O2/c1-18(2)20-5-6-24-22(14-20)26(9-13-31-24)15-23(26)25(30)28-21-7-11-29(12-8-21)17-19-4-3-10-27-16-19/h3-6,10,14,16,18,21,23H,7-9,11-13,15,17H2,1-2H3,(H,28,30)/t23-,26-/m0/s1. The Morgan fingerprint density at radius 2 is 2.13 bits per heavy atom. The van der Waals surface area contributed by atoms with E-state index in [2.05, 4.69) is 53.3 Å². The van der Waals surface area contributed by atoms with E-state index in [0.29, 0.717) is 12.5 Å². The Morgan fingerprint density at radius 1 is 1.29 bits per heavy atom. The van der Waals surface area contributed by atoms with Gasteiger partial charge in [0.15, 0.2) is 0 Å². The smallest absolute Gasteiger partial charge is 0.224 e. The summed E-state index contributed by atoms with van der Waals surface area (Å²) in [6.45, 7) is 8.12. The fourth-order valence-electron chi connectivity index (χ4n) is 5.41. The highest BCUT2D eigenvalue weighted by Crippen LogP contribution is 2.61. The molecule has 5 heteroatoms. The Morgan fingerprint density at radius 3 is 2.87 bits per heavy atom. The molecule has 31 heavy (non-hydrogen) atoms. The fraction of sp³-hybridized carbons (Fsp3) is 0.538. The summed E-state index contributed by atoms with van der Waals surface area (Å²) in [5, 5.41) is 3.39. The zero-order valence-corrected chi connectivity index (χ0v) is 18.6. The molecule has 5 rings (SSSR count). The second-order valence-corrected chi connectivity index (χ2v) is 9.84. The van der Waals surface area contributed by atoms with Crippen LogP contribution in [0.15, 0.2) is 42.7 Å². The van der Waals surface area contributed by atoms with E-state index in [1.807, 2.05) is 18.5 Å². The molecule has 1 amide bonds. The number of amides is 1. The van der Waals surface area contributed by atoms with Gasteiger partial charge in [-0.05, 0) is 54.9 Å². The van der Waals surface area contributed by atoms with Crippen LogP contribution in [0.3, 0.4) is 0 Å². The molecule has 0 radical (unpaired) electrons. The number of nitrogens with zero attached hydrogens (tertiary/aromatic N) is 2. The molecular formula is C26H33N3O2. The zero-order valence-electron chi connectivity index (χ0n) is 18.6. The summed E-state index contributed by atoms with van der Waals surface area (Å²) < 4.78 is 5.93. The fourth-order valence-corrected chi connectivity index (χ4v) is 5.41. The van der Waals surface area contributed by atoms with Gasteiger partial charge in [-0.15, -0.1) is 0 Å². The van der Waals surface area contributed by atoms with Gasteiger partial charge < -0.3 is 10.1 Å². The number of hydrogen-bond acceptors (Lipinski definition) is 4. The summed E-state index contributed by atoms with van der Waals surface area (Å²) in [4.78, 5) is 19.8. The molecule has 1 saturated heterocycles. The van der Waals surface area contributed by atoms with Crippen LogP contribution < -0.4 is 10.1 Å². The first-order chi connectivity index (χ1) is 15.0. The van der Waals surface area contributed by atoms with Gasteiger partial charge in [-0.3, -0.25) is 14.7 Å². The van der Waals surface area contributed by atoms with Crippen LogP contribution in [0, 0.1) is 5.92 Å². The molecule has 3 heterocycles. The zero-order chi connectivity index (χ0) is 21.4. The van der Waals surface area contributed by atoms with Gasteiger partial charge in [-0.1, -0.05) is 32.0 Å². The van der Waals surface area contributed by atoms with Crippen LogP contribution in [0.25, 0.3) is 0 Å². The number of carbonyl (C=O) groups is 1. The molecule has 0 unspecified atom stereocenters. The first-order valence-electron chi connectivity index (χ1n) is 11.7. The molecule has 0 bridgehead atoms. The van der Waals surface area contributed by atoms with Crippen molar-refractivity contribution in [2.75, 3.05) is 19.7 Å². The maximum absolute atomic E-state index is 13.2. The monoisotopic (exact) mass is 419 g/mol. The second kappa shape index (κ2) is 8.27. The third-order valence-electron chi connectivity index (χ3n) is 7.47. The predicted octanol–water partition coefficient (Wildman–Crippen LogP) is 4.03. The minimum Gasteiger partial charge on any atom is -0.493 e. The lowest BCUT2D eigenvalue weighted by Crippen LogP contribution is -2.45. The van der Waals surface area contributed by atoms with Gasteiger partial charge in [-0.25, -0.2) is 0 Å². The van der Waals surface area contributed by atoms with Crippen LogP contribution in [-0.2, 0) is 16.8 Å². The van der Waals surface area contributed by atoms with Crippen LogP contribution in [-0.4, -0.2) is 41.5 Å². The van der Waals surface area contributed by atoms with E-state index in [4.69, 9.17) is 4.74 Å². The van der Waals surface area contributed by atoms with Crippen molar-refractivity contribution in [3.8, 4) is 5.75 Å². The number of carbonyl (C=O) groups excluding carboxylic acids is 1. The Labute approximate surface area is 185 Å². The van der Waals surface area contributed by atoms with Gasteiger partial charge in [0.2, 0.25) is 5.91 Å². The number of nitrogens with one attached hydrogen (secondary N) is 1. The van der Waals surface area contributed by atoms with Crippen molar-refractivity contribution in [2.24, 2.45) is 5.92 Å². The average Bonchev–Trinajstić information content (AvgIpc) is 3.50. The molecule has 5 nitrogen and oxygen atoms in total. The van der Waals surface area contributed by atoms with Crippen LogP contribution in [0.4, 0.5) is 0 Å². The number of pyridine rings is 1. The summed E-state index contributed by atoms with van der Waals surface area (Å²) in [6, 6.07) is 11.0. The highest BCUT2D eigenvalue weighted by molar-refractivity contribution is 5.85.